The Morgan fingerprint density at radius 3 is 2.10 bits per heavy atom. The summed E-state index contributed by atoms with van der Waals surface area (Å²) >= 11 is 0. The maximum absolute atomic E-state index is 13.4. The Balaban J connectivity index is 1.58. The Labute approximate surface area is 254 Å². The number of nitriles is 1. The lowest BCUT2D eigenvalue weighted by molar-refractivity contribution is 0.260. The van der Waals surface area contributed by atoms with Gasteiger partial charge in [-0.15, -0.1) is 0 Å². The Kier molecular flexibility index (Phi) is 14.2. The fraction of sp³-hybridized carbons (Fsp3) is 0.595. The molecule has 2 unspecified atom stereocenters. The fourth-order valence-corrected chi connectivity index (χ4v) is 6.48. The molecular weight excluding hydrogens is 523 g/mol. The highest BCUT2D eigenvalue weighted by Gasteiger charge is 2.33. The van der Waals surface area contributed by atoms with Crippen molar-refractivity contribution in [1.82, 2.24) is 4.90 Å². The maximum Gasteiger partial charge on any atom is 0.161 e. The summed E-state index contributed by atoms with van der Waals surface area (Å²) in [6.07, 6.45) is 17.3. The molecule has 3 rings (SSSR count). The molecule has 0 aliphatic carbocycles. The predicted molar refractivity (Wildman–Crippen MR) is 172 cm³/mol. The van der Waals surface area contributed by atoms with E-state index in [1.165, 1.54) is 63.4 Å². The number of ether oxygens (including phenoxy) is 2. The summed E-state index contributed by atoms with van der Waals surface area (Å²) in [6, 6.07) is 15.7. The molecule has 2 atom stereocenters. The summed E-state index contributed by atoms with van der Waals surface area (Å²) in [5, 5.41) is 10.7. The molecule has 230 valence electrons. The van der Waals surface area contributed by atoms with E-state index < -0.39 is 5.41 Å². The second-order valence-electron chi connectivity index (χ2n) is 12.1. The number of halogens is 1. The van der Waals surface area contributed by atoms with E-state index >= 15 is 0 Å². The van der Waals surface area contributed by atoms with Crippen molar-refractivity contribution in [3.8, 4) is 17.6 Å². The molecule has 0 N–H and O–H groups in total. The van der Waals surface area contributed by atoms with Crippen LogP contribution >= 0.6 is 0 Å². The third-order valence-electron chi connectivity index (χ3n) is 9.16. The van der Waals surface area contributed by atoms with Crippen LogP contribution in [0.3, 0.4) is 0 Å². The monoisotopic (exact) mass is 576 g/mol. The van der Waals surface area contributed by atoms with Gasteiger partial charge >= 0.3 is 0 Å². The van der Waals surface area contributed by atoms with E-state index in [2.05, 4.69) is 24.5 Å². The minimum atomic E-state index is -0.562. The van der Waals surface area contributed by atoms with Gasteiger partial charge in [-0.2, -0.15) is 5.26 Å². The third-order valence-corrected chi connectivity index (χ3v) is 9.16. The van der Waals surface area contributed by atoms with Gasteiger partial charge in [-0.25, -0.2) is 4.39 Å². The lowest BCUT2D eigenvalue weighted by Crippen LogP contribution is -2.33. The smallest absolute Gasteiger partial charge is 0.161 e. The first-order valence-electron chi connectivity index (χ1n) is 16.3. The average molecular weight is 577 g/mol. The summed E-state index contributed by atoms with van der Waals surface area (Å²) in [5.41, 5.74) is 2.78. The van der Waals surface area contributed by atoms with Crippen molar-refractivity contribution in [3.05, 3.63) is 71.7 Å². The van der Waals surface area contributed by atoms with Crippen molar-refractivity contribution in [3.63, 3.8) is 0 Å². The van der Waals surface area contributed by atoms with Crippen molar-refractivity contribution in [2.24, 2.45) is 0 Å². The maximum atomic E-state index is 13.4. The first kappa shape index (κ1) is 33.5. The molecule has 0 radical (unpaired) electrons. The van der Waals surface area contributed by atoms with Crippen molar-refractivity contribution in [1.29, 1.82) is 5.26 Å². The first-order valence-corrected chi connectivity index (χ1v) is 16.3. The van der Waals surface area contributed by atoms with Crippen LogP contribution in [-0.2, 0) is 5.41 Å². The number of rotatable bonds is 19. The van der Waals surface area contributed by atoms with Crippen LogP contribution in [0.15, 0.2) is 54.7 Å². The Hall–Kier alpha value is -3.00. The molecule has 1 fully saturated rings. The van der Waals surface area contributed by atoms with E-state index in [4.69, 9.17) is 9.47 Å². The summed E-state index contributed by atoms with van der Waals surface area (Å²) in [7, 11) is 3.30. The highest BCUT2D eigenvalue weighted by Crippen LogP contribution is 2.40. The molecule has 2 aromatic carbocycles. The van der Waals surface area contributed by atoms with Gasteiger partial charge in [0.25, 0.3) is 0 Å². The van der Waals surface area contributed by atoms with E-state index in [-0.39, 0.29) is 5.82 Å². The Morgan fingerprint density at radius 2 is 1.50 bits per heavy atom. The van der Waals surface area contributed by atoms with Crippen LogP contribution in [0, 0.1) is 17.1 Å². The molecule has 1 saturated heterocycles. The number of unbranched alkanes of at least 4 members (excludes halogenated alkanes) is 9. The van der Waals surface area contributed by atoms with Crippen LogP contribution in [0.5, 0.6) is 11.5 Å². The summed E-state index contributed by atoms with van der Waals surface area (Å²) in [5.74, 6) is 1.56. The normalized spacial score (nSPS) is 16.6. The van der Waals surface area contributed by atoms with Crippen LogP contribution in [-0.4, -0.2) is 32.2 Å². The van der Waals surface area contributed by atoms with Crippen LogP contribution in [0.4, 0.5) is 4.39 Å². The number of benzene rings is 2. The lowest BCUT2D eigenvalue weighted by atomic mass is 9.73. The number of likely N-dealkylation sites (tertiary alicyclic amines) is 1. The van der Waals surface area contributed by atoms with Crippen LogP contribution in [0.25, 0.3) is 0 Å². The van der Waals surface area contributed by atoms with Gasteiger partial charge < -0.3 is 14.4 Å². The molecule has 0 amide bonds. The lowest BCUT2D eigenvalue weighted by Gasteiger charge is -2.36. The standard InChI is InChI=1S/C37H53FN2O2/c1-5-6-7-8-9-10-11-12-13-14-23-37(29-39,33-18-21-35(41-3)36(28-33)42-4)24-15-25-40-26-22-32(27-30(40)2)31-16-19-34(38)20-17-31/h16-21,28,32H,2,5-15,22-27H2,1,3-4H3. The van der Waals surface area contributed by atoms with Crippen LogP contribution < -0.4 is 9.47 Å². The average Bonchev–Trinajstić information content (AvgIpc) is 3.01. The van der Waals surface area contributed by atoms with Gasteiger partial charge in [0, 0.05) is 18.8 Å². The molecule has 0 bridgehead atoms. The number of allylic oxidation sites excluding steroid dienone is 1. The quantitative estimate of drug-likeness (QED) is 0.156. The van der Waals surface area contributed by atoms with Gasteiger partial charge in [0.15, 0.2) is 11.5 Å². The number of piperidine rings is 1. The Bertz CT molecular complexity index is 1130. The molecule has 1 aliphatic rings. The van der Waals surface area contributed by atoms with Crippen molar-refractivity contribution in [2.45, 2.75) is 115 Å². The minimum absolute atomic E-state index is 0.191. The van der Waals surface area contributed by atoms with Gasteiger partial charge in [-0.1, -0.05) is 95.9 Å². The summed E-state index contributed by atoms with van der Waals surface area (Å²) < 4.78 is 24.5. The van der Waals surface area contributed by atoms with Gasteiger partial charge in [0.2, 0.25) is 0 Å². The third kappa shape index (κ3) is 9.79. The summed E-state index contributed by atoms with van der Waals surface area (Å²) in [6.45, 7) is 8.48. The summed E-state index contributed by atoms with van der Waals surface area (Å²) in [4.78, 5) is 2.39. The highest BCUT2D eigenvalue weighted by atomic mass is 19.1. The molecule has 0 aromatic heterocycles. The molecule has 2 aromatic rings. The molecule has 4 nitrogen and oxygen atoms in total. The predicted octanol–water partition coefficient (Wildman–Crippen LogP) is 10.1. The Morgan fingerprint density at radius 1 is 0.881 bits per heavy atom. The van der Waals surface area contributed by atoms with Crippen LogP contribution in [0.2, 0.25) is 0 Å². The molecule has 0 saturated carbocycles. The fourth-order valence-electron chi connectivity index (χ4n) is 6.48. The van der Waals surface area contributed by atoms with E-state index in [0.29, 0.717) is 17.4 Å². The van der Waals surface area contributed by atoms with Crippen LogP contribution in [0.1, 0.15) is 120 Å². The molecule has 1 heterocycles. The second-order valence-corrected chi connectivity index (χ2v) is 12.1. The molecular formula is C37H53FN2O2. The minimum Gasteiger partial charge on any atom is -0.493 e. The van der Waals surface area contributed by atoms with Crippen molar-refractivity contribution < 1.29 is 13.9 Å². The van der Waals surface area contributed by atoms with E-state index in [9.17, 15) is 9.65 Å². The topological polar surface area (TPSA) is 45.5 Å². The van der Waals surface area contributed by atoms with Gasteiger partial charge in [0.05, 0.1) is 25.7 Å². The molecule has 42 heavy (non-hydrogen) atoms. The van der Waals surface area contributed by atoms with Gasteiger partial charge in [-0.3, -0.25) is 0 Å². The highest BCUT2D eigenvalue weighted by molar-refractivity contribution is 5.47. The number of hydrogen-bond acceptors (Lipinski definition) is 4. The SMILES string of the molecule is C=C1CC(c2ccc(F)cc2)CCN1CCCC(C#N)(CCCCCCCCCCCC)c1ccc(OC)c(OC)c1. The zero-order valence-corrected chi connectivity index (χ0v) is 26.4. The molecule has 5 heteroatoms. The molecule has 1 aliphatic heterocycles. The first-order chi connectivity index (χ1) is 20.5. The number of nitrogens with zero attached hydrogens (tertiary/aromatic N) is 2. The largest absolute Gasteiger partial charge is 0.493 e. The van der Waals surface area contributed by atoms with Gasteiger partial charge in [-0.05, 0) is 73.4 Å². The van der Waals surface area contributed by atoms with Crippen molar-refractivity contribution in [2.75, 3.05) is 27.3 Å². The van der Waals surface area contributed by atoms with E-state index in [1.54, 1.807) is 26.4 Å². The second kappa shape index (κ2) is 17.8. The zero-order chi connectivity index (χ0) is 30.2. The number of hydrogen-bond donors (Lipinski definition) is 0. The number of methoxy groups -OCH3 is 2. The molecule has 0 spiro atoms. The van der Waals surface area contributed by atoms with E-state index in [0.717, 1.165) is 62.9 Å². The van der Waals surface area contributed by atoms with Crippen molar-refractivity contribution >= 4 is 0 Å². The zero-order valence-electron chi connectivity index (χ0n) is 26.4. The van der Waals surface area contributed by atoms with Gasteiger partial charge in [0.1, 0.15) is 5.82 Å². The van der Waals surface area contributed by atoms with E-state index in [1.807, 2.05) is 30.3 Å².